The van der Waals surface area contributed by atoms with Crippen LogP contribution < -0.4 is 21.7 Å². The van der Waals surface area contributed by atoms with Crippen molar-refractivity contribution in [3.63, 3.8) is 0 Å². The van der Waals surface area contributed by atoms with Crippen LogP contribution in [0, 0.1) is 0 Å². The Balaban J connectivity index is 1.39. The highest BCUT2D eigenvalue weighted by Gasteiger charge is 2.35. The Morgan fingerprint density at radius 1 is 1.15 bits per heavy atom. The van der Waals surface area contributed by atoms with Crippen molar-refractivity contribution in [2.24, 2.45) is 5.73 Å². The molecule has 1 aromatic carbocycles. The van der Waals surface area contributed by atoms with Gasteiger partial charge in [0.15, 0.2) is 22.5 Å². The topological polar surface area (TPSA) is 137 Å². The van der Waals surface area contributed by atoms with E-state index in [1.165, 1.54) is 5.56 Å². The summed E-state index contributed by atoms with van der Waals surface area (Å²) in [5.74, 6) is 0.0312. The van der Waals surface area contributed by atoms with Gasteiger partial charge in [-0.2, -0.15) is 0 Å². The number of aliphatic hydroxyl groups is 1. The van der Waals surface area contributed by atoms with Crippen molar-refractivity contribution in [2.45, 2.75) is 50.7 Å². The zero-order chi connectivity index (χ0) is 27.9. The van der Waals surface area contributed by atoms with Crippen LogP contribution in [0.15, 0.2) is 24.3 Å². The average Bonchev–Trinajstić information content (AvgIpc) is 2.96. The molecule has 2 fully saturated rings. The van der Waals surface area contributed by atoms with Crippen LogP contribution in [0.2, 0.25) is 10.2 Å². The Morgan fingerprint density at radius 2 is 1.87 bits per heavy atom. The lowest BCUT2D eigenvalue weighted by molar-refractivity contribution is 0.0475. The maximum Gasteiger partial charge on any atom is 0.273 e. The largest absolute Gasteiger partial charge is 0.395 e. The van der Waals surface area contributed by atoms with E-state index in [2.05, 4.69) is 49.0 Å². The van der Waals surface area contributed by atoms with Gasteiger partial charge in [-0.15, -0.1) is 0 Å². The number of hydrogen-bond donors (Lipinski definition) is 4. The lowest BCUT2D eigenvalue weighted by Crippen LogP contribution is -2.58. The number of piperidine rings is 1. The highest BCUT2D eigenvalue weighted by molar-refractivity contribution is 6.32. The first-order chi connectivity index (χ1) is 18.9. The zero-order valence-electron chi connectivity index (χ0n) is 22.5. The van der Waals surface area contributed by atoms with Crippen LogP contribution in [0.1, 0.15) is 54.7 Å². The first-order valence-electron chi connectivity index (χ1n) is 13.8. The molecule has 3 heterocycles. The molecule has 0 saturated carbocycles. The number of nitrogens with zero attached hydrogens (tertiary/aromatic N) is 5. The number of hydrogen-bond acceptors (Lipinski definition) is 9. The molecule has 0 aliphatic carbocycles. The monoisotopic (exact) mass is 578 g/mol. The number of aliphatic hydroxyl groups excluding tert-OH is 1. The molecule has 10 nitrogen and oxygen atoms in total. The molecule has 6 N–H and O–H groups in total. The van der Waals surface area contributed by atoms with Crippen molar-refractivity contribution < 1.29 is 9.90 Å². The van der Waals surface area contributed by atoms with Gasteiger partial charge in [-0.25, -0.2) is 9.97 Å². The number of amides is 1. The summed E-state index contributed by atoms with van der Waals surface area (Å²) >= 11 is 12.6. The lowest BCUT2D eigenvalue weighted by atomic mass is 9.94. The van der Waals surface area contributed by atoms with E-state index in [0.717, 1.165) is 63.4 Å². The molecule has 39 heavy (non-hydrogen) atoms. The fourth-order valence-corrected chi connectivity index (χ4v) is 6.25. The predicted molar refractivity (Wildman–Crippen MR) is 156 cm³/mol. The number of piperazine rings is 1. The van der Waals surface area contributed by atoms with Crippen LogP contribution in [0.5, 0.6) is 0 Å². The van der Waals surface area contributed by atoms with Gasteiger partial charge in [0.2, 0.25) is 0 Å². The minimum Gasteiger partial charge on any atom is -0.395 e. The zero-order valence-corrected chi connectivity index (χ0v) is 24.0. The van der Waals surface area contributed by atoms with Crippen LogP contribution in [0.25, 0.3) is 0 Å². The number of anilines is 2. The second kappa shape index (κ2) is 13.9. The maximum absolute atomic E-state index is 12.3. The Morgan fingerprint density at radius 3 is 2.51 bits per heavy atom. The second-order valence-corrected chi connectivity index (χ2v) is 11.0. The van der Waals surface area contributed by atoms with Crippen LogP contribution in [-0.2, 0) is 0 Å². The first kappa shape index (κ1) is 29.8. The Kier molecular flexibility index (Phi) is 10.6. The minimum atomic E-state index is -0.505. The summed E-state index contributed by atoms with van der Waals surface area (Å²) in [6, 6.07) is 9.34. The van der Waals surface area contributed by atoms with E-state index >= 15 is 0 Å². The van der Waals surface area contributed by atoms with Gasteiger partial charge in [-0.3, -0.25) is 14.6 Å². The Bertz CT molecular complexity index is 1100. The van der Waals surface area contributed by atoms with Gasteiger partial charge < -0.3 is 26.8 Å². The summed E-state index contributed by atoms with van der Waals surface area (Å²) in [6.45, 7) is 7.26. The van der Waals surface area contributed by atoms with Crippen molar-refractivity contribution in [3.05, 3.63) is 45.7 Å². The lowest BCUT2D eigenvalue weighted by Gasteiger charge is -2.48. The molecule has 2 aliphatic heterocycles. The van der Waals surface area contributed by atoms with E-state index < -0.39 is 5.91 Å². The molecule has 2 aromatic rings. The fourth-order valence-electron chi connectivity index (χ4n) is 5.88. The molecule has 0 spiro atoms. The molecule has 0 bridgehead atoms. The number of halogens is 2. The molecule has 2 atom stereocenters. The van der Waals surface area contributed by atoms with Gasteiger partial charge in [0.05, 0.1) is 6.61 Å². The van der Waals surface area contributed by atoms with Gasteiger partial charge in [0, 0.05) is 62.4 Å². The van der Waals surface area contributed by atoms with E-state index in [1.54, 1.807) is 0 Å². The van der Waals surface area contributed by atoms with Crippen molar-refractivity contribution in [1.82, 2.24) is 25.1 Å². The molecule has 0 radical (unpaired) electrons. The number of aromatic nitrogens is 2. The van der Waals surface area contributed by atoms with E-state index in [1.807, 2.05) is 12.1 Å². The fraction of sp³-hybridized carbons (Fsp3) is 0.593. The van der Waals surface area contributed by atoms with Crippen LogP contribution in [0.3, 0.4) is 0 Å². The van der Waals surface area contributed by atoms with Gasteiger partial charge in [-0.05, 0) is 49.9 Å². The number of nitrogens with one attached hydrogen (secondary N) is 1. The summed E-state index contributed by atoms with van der Waals surface area (Å²) in [7, 11) is 0. The van der Waals surface area contributed by atoms with E-state index in [0.29, 0.717) is 30.5 Å². The Labute approximate surface area is 240 Å². The third-order valence-electron chi connectivity index (χ3n) is 7.88. The number of benzene rings is 1. The number of carbonyl (C=O) groups is 1. The van der Waals surface area contributed by atoms with Crippen LogP contribution in [0.4, 0.5) is 11.6 Å². The molecule has 2 saturated heterocycles. The number of rotatable bonds is 10. The van der Waals surface area contributed by atoms with Crippen molar-refractivity contribution in [1.29, 1.82) is 0 Å². The SMILES string of the molecule is CC[C@H]1CN(c2nc(N)c(C(=O)NCCO)nc2Cl)CCN1C1CCN(C(CCN)c2ccc(Cl)cc2)CC1. The highest BCUT2D eigenvalue weighted by Crippen LogP contribution is 2.32. The van der Waals surface area contributed by atoms with Crippen molar-refractivity contribution >= 4 is 40.7 Å². The number of carbonyl (C=O) groups excluding carboxylic acids is 1. The number of nitrogen functional groups attached to an aromatic ring is 1. The quantitative estimate of drug-likeness (QED) is 0.335. The van der Waals surface area contributed by atoms with Crippen LogP contribution in [-0.4, -0.2) is 95.3 Å². The summed E-state index contributed by atoms with van der Waals surface area (Å²) in [5, 5.41) is 12.4. The summed E-state index contributed by atoms with van der Waals surface area (Å²) in [6.07, 6.45) is 4.14. The van der Waals surface area contributed by atoms with E-state index in [4.69, 9.17) is 39.8 Å². The molecule has 1 aromatic heterocycles. The summed E-state index contributed by atoms with van der Waals surface area (Å²) < 4.78 is 0. The minimum absolute atomic E-state index is 0.0267. The number of likely N-dealkylation sites (tertiary alicyclic amines) is 1. The third-order valence-corrected chi connectivity index (χ3v) is 8.38. The van der Waals surface area contributed by atoms with E-state index in [-0.39, 0.29) is 29.8 Å². The van der Waals surface area contributed by atoms with Gasteiger partial charge in [-0.1, -0.05) is 42.3 Å². The summed E-state index contributed by atoms with van der Waals surface area (Å²) in [4.78, 5) is 28.3. The molecular weight excluding hydrogens is 539 g/mol. The molecular formula is C27H40Cl2N8O2. The van der Waals surface area contributed by atoms with Crippen molar-refractivity contribution in [3.8, 4) is 0 Å². The van der Waals surface area contributed by atoms with Crippen molar-refractivity contribution in [2.75, 3.05) is 63.1 Å². The second-order valence-electron chi connectivity index (χ2n) is 10.2. The molecule has 1 unspecified atom stereocenters. The normalized spacial score (nSPS) is 20.2. The van der Waals surface area contributed by atoms with Crippen LogP contribution >= 0.6 is 23.2 Å². The van der Waals surface area contributed by atoms with Gasteiger partial charge in [0.25, 0.3) is 5.91 Å². The molecule has 2 aliphatic rings. The molecule has 214 valence electrons. The molecule has 4 rings (SSSR count). The first-order valence-corrected chi connectivity index (χ1v) is 14.5. The van der Waals surface area contributed by atoms with Gasteiger partial charge >= 0.3 is 0 Å². The van der Waals surface area contributed by atoms with E-state index in [9.17, 15) is 4.79 Å². The average molecular weight is 580 g/mol. The maximum atomic E-state index is 12.3. The number of nitrogens with two attached hydrogens (primary N) is 2. The standard InChI is InChI=1S/C27H40Cl2N8O2/c1-2-20-17-36(26-24(29)33-23(25(31)34-26)27(39)32-11-16-38)14-15-37(20)21-8-12-35(13-9-21)22(7-10-30)18-3-5-19(28)6-4-18/h3-6,20-22,38H,2,7-17,30H2,1H3,(H2,31,34)(H,32,39)/t20-,22?/m0/s1. The Hall–Kier alpha value is -2.21. The molecule has 12 heteroatoms. The highest BCUT2D eigenvalue weighted by atomic mass is 35.5. The van der Waals surface area contributed by atoms with Gasteiger partial charge in [0.1, 0.15) is 0 Å². The smallest absolute Gasteiger partial charge is 0.273 e. The third kappa shape index (κ3) is 7.11. The predicted octanol–water partition coefficient (Wildman–Crippen LogP) is 2.54. The molecule has 1 amide bonds. The summed E-state index contributed by atoms with van der Waals surface area (Å²) in [5.41, 5.74) is 13.3.